The van der Waals surface area contributed by atoms with Gasteiger partial charge in [0.25, 0.3) is 0 Å². The molecule has 2 aromatic carbocycles. The van der Waals surface area contributed by atoms with Gasteiger partial charge in [-0.05, 0) is 48.2 Å². The first-order chi connectivity index (χ1) is 10.1. The minimum Gasteiger partial charge on any atom is -0.493 e. The number of alkyl halides is 1. The average molecular weight is 414 g/mol. The second kappa shape index (κ2) is 7.32. The van der Waals surface area contributed by atoms with Crippen LogP contribution in [0.1, 0.15) is 21.5 Å². The van der Waals surface area contributed by atoms with Crippen LogP contribution in [0, 0.1) is 6.92 Å². The van der Waals surface area contributed by atoms with E-state index in [0.29, 0.717) is 0 Å². The molecular weight excluding hydrogens is 396 g/mol. The second-order valence-electron chi connectivity index (χ2n) is 4.82. The van der Waals surface area contributed by atoms with Gasteiger partial charge in [-0.1, -0.05) is 50.1 Å². The summed E-state index contributed by atoms with van der Waals surface area (Å²) in [7, 11) is 3.31. The van der Waals surface area contributed by atoms with Gasteiger partial charge in [-0.2, -0.15) is 0 Å². The van der Waals surface area contributed by atoms with Crippen molar-refractivity contribution < 1.29 is 9.47 Å². The molecule has 2 aromatic rings. The zero-order valence-electron chi connectivity index (χ0n) is 12.3. The molecule has 0 amide bonds. The molecule has 0 aromatic heterocycles. The molecule has 0 heterocycles. The largest absolute Gasteiger partial charge is 0.493 e. The number of benzene rings is 2. The molecular formula is C17H18Br2O2. The van der Waals surface area contributed by atoms with Crippen LogP contribution < -0.4 is 9.47 Å². The lowest BCUT2D eigenvalue weighted by Crippen LogP contribution is -1.99. The Kier molecular flexibility index (Phi) is 5.71. The van der Waals surface area contributed by atoms with E-state index in [2.05, 4.69) is 63.0 Å². The maximum atomic E-state index is 5.36. The van der Waals surface area contributed by atoms with Crippen molar-refractivity contribution in [1.82, 2.24) is 0 Å². The Bertz CT molecular complexity index is 626. The topological polar surface area (TPSA) is 18.5 Å². The molecule has 1 atom stereocenters. The molecule has 21 heavy (non-hydrogen) atoms. The van der Waals surface area contributed by atoms with E-state index in [1.54, 1.807) is 14.2 Å². The van der Waals surface area contributed by atoms with E-state index in [-0.39, 0.29) is 4.83 Å². The van der Waals surface area contributed by atoms with Crippen molar-refractivity contribution in [2.45, 2.75) is 18.2 Å². The molecule has 0 aliphatic heterocycles. The summed E-state index contributed by atoms with van der Waals surface area (Å²) in [6.45, 7) is 2.13. The molecule has 0 aliphatic carbocycles. The number of hydrogen-bond acceptors (Lipinski definition) is 2. The fourth-order valence-electron chi connectivity index (χ4n) is 2.29. The van der Waals surface area contributed by atoms with Crippen LogP contribution in [0.3, 0.4) is 0 Å². The van der Waals surface area contributed by atoms with Crippen LogP contribution in [0.4, 0.5) is 0 Å². The molecule has 0 saturated heterocycles. The van der Waals surface area contributed by atoms with Crippen LogP contribution in [-0.4, -0.2) is 14.2 Å². The molecule has 112 valence electrons. The summed E-state index contributed by atoms with van der Waals surface area (Å²) in [5.41, 5.74) is 3.76. The van der Waals surface area contributed by atoms with E-state index in [1.165, 1.54) is 16.7 Å². The lowest BCUT2D eigenvalue weighted by atomic mass is 10.0. The third-order valence-electron chi connectivity index (χ3n) is 3.51. The lowest BCUT2D eigenvalue weighted by Gasteiger charge is -2.15. The average Bonchev–Trinajstić information content (AvgIpc) is 2.49. The zero-order chi connectivity index (χ0) is 15.4. The van der Waals surface area contributed by atoms with Crippen molar-refractivity contribution in [2.75, 3.05) is 14.2 Å². The Morgan fingerprint density at radius 2 is 1.76 bits per heavy atom. The number of rotatable bonds is 5. The Hall–Kier alpha value is -1.00. The van der Waals surface area contributed by atoms with Gasteiger partial charge in [0.05, 0.1) is 14.2 Å². The molecule has 4 heteroatoms. The van der Waals surface area contributed by atoms with Crippen molar-refractivity contribution in [3.63, 3.8) is 0 Å². The molecule has 1 unspecified atom stereocenters. The van der Waals surface area contributed by atoms with Crippen molar-refractivity contribution in [3.05, 3.63) is 57.6 Å². The number of ether oxygens (including phenoxy) is 2. The highest BCUT2D eigenvalue weighted by atomic mass is 79.9. The highest BCUT2D eigenvalue weighted by Crippen LogP contribution is 2.35. The summed E-state index contributed by atoms with van der Waals surface area (Å²) in [4.78, 5) is 0.258. The maximum absolute atomic E-state index is 5.36. The van der Waals surface area contributed by atoms with Gasteiger partial charge in [0.1, 0.15) is 0 Å². The van der Waals surface area contributed by atoms with Crippen molar-refractivity contribution in [2.24, 2.45) is 0 Å². The SMILES string of the molecule is COc1ccc(CC(Br)c2cccc(Br)c2C)cc1OC. The molecule has 0 N–H and O–H groups in total. The summed E-state index contributed by atoms with van der Waals surface area (Å²) in [6.07, 6.45) is 0.887. The van der Waals surface area contributed by atoms with Gasteiger partial charge in [0.2, 0.25) is 0 Å². The summed E-state index contributed by atoms with van der Waals surface area (Å²) >= 11 is 7.38. The fraction of sp³-hybridized carbons (Fsp3) is 0.294. The predicted octanol–water partition coefficient (Wildman–Crippen LogP) is 5.45. The Morgan fingerprint density at radius 3 is 2.43 bits per heavy atom. The van der Waals surface area contributed by atoms with Gasteiger partial charge in [-0.15, -0.1) is 0 Å². The molecule has 0 bridgehead atoms. The zero-order valence-corrected chi connectivity index (χ0v) is 15.5. The number of halogens is 2. The van der Waals surface area contributed by atoms with Gasteiger partial charge >= 0.3 is 0 Å². The van der Waals surface area contributed by atoms with Crippen LogP contribution in [0.5, 0.6) is 11.5 Å². The van der Waals surface area contributed by atoms with E-state index < -0.39 is 0 Å². The number of methoxy groups -OCH3 is 2. The summed E-state index contributed by atoms with van der Waals surface area (Å²) < 4.78 is 11.8. The van der Waals surface area contributed by atoms with Crippen LogP contribution in [0.15, 0.2) is 40.9 Å². The molecule has 2 nitrogen and oxygen atoms in total. The van der Waals surface area contributed by atoms with Crippen LogP contribution in [0.25, 0.3) is 0 Å². The standard InChI is InChI=1S/C17H18Br2O2/c1-11-13(5-4-6-14(11)18)15(19)9-12-7-8-16(20-2)17(10-12)21-3/h4-8,10,15H,9H2,1-3H3. The Morgan fingerprint density at radius 1 is 1.05 bits per heavy atom. The summed E-state index contributed by atoms with van der Waals surface area (Å²) in [5.74, 6) is 1.52. The Labute approximate surface area is 142 Å². The van der Waals surface area contributed by atoms with E-state index in [1.807, 2.05) is 12.1 Å². The molecule has 0 spiro atoms. The van der Waals surface area contributed by atoms with Gasteiger partial charge < -0.3 is 9.47 Å². The molecule has 2 rings (SSSR count). The monoisotopic (exact) mass is 412 g/mol. The molecule has 0 aliphatic rings. The Balaban J connectivity index is 2.23. The van der Waals surface area contributed by atoms with Crippen LogP contribution in [0.2, 0.25) is 0 Å². The van der Waals surface area contributed by atoms with E-state index in [0.717, 1.165) is 22.4 Å². The summed E-state index contributed by atoms with van der Waals surface area (Å²) in [6, 6.07) is 12.3. The van der Waals surface area contributed by atoms with Crippen LogP contribution >= 0.6 is 31.9 Å². The van der Waals surface area contributed by atoms with E-state index in [4.69, 9.17) is 9.47 Å². The maximum Gasteiger partial charge on any atom is 0.160 e. The fourth-order valence-corrected chi connectivity index (χ4v) is 3.54. The van der Waals surface area contributed by atoms with Gasteiger partial charge in [-0.25, -0.2) is 0 Å². The lowest BCUT2D eigenvalue weighted by molar-refractivity contribution is 0.354. The first-order valence-electron chi connectivity index (χ1n) is 6.66. The highest BCUT2D eigenvalue weighted by Gasteiger charge is 2.14. The third-order valence-corrected chi connectivity index (χ3v) is 5.19. The van der Waals surface area contributed by atoms with Crippen molar-refractivity contribution >= 4 is 31.9 Å². The van der Waals surface area contributed by atoms with E-state index >= 15 is 0 Å². The third kappa shape index (κ3) is 3.80. The van der Waals surface area contributed by atoms with Crippen molar-refractivity contribution in [1.29, 1.82) is 0 Å². The molecule has 0 fully saturated rings. The molecule has 0 saturated carbocycles. The van der Waals surface area contributed by atoms with Gasteiger partial charge in [0, 0.05) is 9.30 Å². The van der Waals surface area contributed by atoms with Crippen LogP contribution in [-0.2, 0) is 6.42 Å². The normalized spacial score (nSPS) is 12.0. The predicted molar refractivity (Wildman–Crippen MR) is 93.8 cm³/mol. The minimum atomic E-state index is 0.258. The second-order valence-corrected chi connectivity index (χ2v) is 6.77. The summed E-state index contributed by atoms with van der Waals surface area (Å²) in [5, 5.41) is 0. The smallest absolute Gasteiger partial charge is 0.160 e. The van der Waals surface area contributed by atoms with Gasteiger partial charge in [-0.3, -0.25) is 0 Å². The first kappa shape index (κ1) is 16.4. The van der Waals surface area contributed by atoms with Crippen molar-refractivity contribution in [3.8, 4) is 11.5 Å². The number of hydrogen-bond donors (Lipinski definition) is 0. The minimum absolute atomic E-state index is 0.258. The van der Waals surface area contributed by atoms with E-state index in [9.17, 15) is 0 Å². The highest BCUT2D eigenvalue weighted by molar-refractivity contribution is 9.10. The quantitative estimate of drug-likeness (QED) is 0.606. The van der Waals surface area contributed by atoms with Gasteiger partial charge in [0.15, 0.2) is 11.5 Å². The first-order valence-corrected chi connectivity index (χ1v) is 8.37. The molecule has 0 radical (unpaired) electrons.